The lowest BCUT2D eigenvalue weighted by Crippen LogP contribution is -2.06. The van der Waals surface area contributed by atoms with Crippen LogP contribution in [0.2, 0.25) is 0 Å². The van der Waals surface area contributed by atoms with Crippen molar-refractivity contribution in [2.45, 2.75) is 40.0 Å². The molecular formula is C19H21N3OS. The minimum Gasteiger partial charge on any atom is -0.344 e. The molecule has 4 nitrogen and oxygen atoms in total. The molecule has 0 amide bonds. The molecule has 1 aromatic heterocycles. The number of nitrogens with zero attached hydrogens (tertiary/aromatic N) is 2. The maximum atomic E-state index is 11.9. The van der Waals surface area contributed by atoms with Crippen LogP contribution >= 0.6 is 11.3 Å². The number of Topliss-reactive ketones (excluding diaryl/α,β-unsaturated/α-hetero) is 1. The van der Waals surface area contributed by atoms with Gasteiger partial charge < -0.3 is 5.32 Å². The van der Waals surface area contributed by atoms with Crippen LogP contribution in [0.5, 0.6) is 0 Å². The topological polar surface area (TPSA) is 65.2 Å². The maximum absolute atomic E-state index is 11.9. The lowest BCUT2D eigenvalue weighted by atomic mass is 10.1. The zero-order valence-corrected chi connectivity index (χ0v) is 15.0. The fourth-order valence-corrected chi connectivity index (χ4v) is 3.42. The number of anilines is 1. The summed E-state index contributed by atoms with van der Waals surface area (Å²) in [4.78, 5) is 17.6. The first kappa shape index (κ1) is 17.9. The Kier molecular flexibility index (Phi) is 6.28. The van der Waals surface area contributed by atoms with Crippen molar-refractivity contribution in [3.8, 4) is 6.07 Å². The van der Waals surface area contributed by atoms with E-state index in [0.717, 1.165) is 30.0 Å². The van der Waals surface area contributed by atoms with Crippen molar-refractivity contribution in [3.63, 3.8) is 0 Å². The molecule has 0 spiro atoms. The number of benzene rings is 1. The number of thiophene rings is 1. The molecule has 1 heterocycles. The van der Waals surface area contributed by atoms with Crippen molar-refractivity contribution >= 4 is 33.6 Å². The highest BCUT2D eigenvalue weighted by Gasteiger charge is 2.12. The van der Waals surface area contributed by atoms with E-state index >= 15 is 0 Å². The Bertz CT molecular complexity index is 782. The predicted octanol–water partition coefficient (Wildman–Crippen LogP) is 5.33. The van der Waals surface area contributed by atoms with E-state index in [2.05, 4.69) is 23.3 Å². The van der Waals surface area contributed by atoms with Gasteiger partial charge in [-0.3, -0.25) is 4.79 Å². The summed E-state index contributed by atoms with van der Waals surface area (Å²) in [6, 6.07) is 11.2. The Morgan fingerprint density at radius 3 is 2.58 bits per heavy atom. The predicted molar refractivity (Wildman–Crippen MR) is 100 cm³/mol. The number of aryl methyl sites for hydroxylation is 1. The largest absolute Gasteiger partial charge is 0.344 e. The van der Waals surface area contributed by atoms with Crippen LogP contribution in [0.4, 0.5) is 10.7 Å². The van der Waals surface area contributed by atoms with Gasteiger partial charge in [0.1, 0.15) is 10.8 Å². The van der Waals surface area contributed by atoms with E-state index in [0.29, 0.717) is 17.0 Å². The molecule has 1 aromatic carbocycles. The summed E-state index contributed by atoms with van der Waals surface area (Å²) in [7, 11) is 0. The van der Waals surface area contributed by atoms with Gasteiger partial charge in [-0.05, 0) is 57.0 Å². The molecule has 24 heavy (non-hydrogen) atoms. The molecule has 0 saturated heterocycles. The number of aliphatic imine (C=N–C) groups is 1. The van der Waals surface area contributed by atoms with E-state index < -0.39 is 0 Å². The Hall–Kier alpha value is -2.45. The summed E-state index contributed by atoms with van der Waals surface area (Å²) < 4.78 is 0. The van der Waals surface area contributed by atoms with Crippen molar-refractivity contribution in [2.24, 2.45) is 4.99 Å². The minimum absolute atomic E-state index is 0.0407. The van der Waals surface area contributed by atoms with Gasteiger partial charge in [0.05, 0.1) is 17.2 Å². The van der Waals surface area contributed by atoms with Crippen molar-refractivity contribution in [2.75, 3.05) is 5.32 Å². The van der Waals surface area contributed by atoms with E-state index in [-0.39, 0.29) is 5.78 Å². The average Bonchev–Trinajstić information content (AvgIpc) is 2.96. The van der Waals surface area contributed by atoms with E-state index in [1.54, 1.807) is 30.4 Å². The molecule has 0 radical (unpaired) electrons. The summed E-state index contributed by atoms with van der Waals surface area (Å²) in [5.41, 5.74) is 2.17. The van der Waals surface area contributed by atoms with Gasteiger partial charge in [-0.25, -0.2) is 4.99 Å². The number of ketones is 1. The van der Waals surface area contributed by atoms with Crippen molar-refractivity contribution in [1.29, 1.82) is 5.26 Å². The second-order valence-corrected chi connectivity index (χ2v) is 6.72. The first-order valence-corrected chi connectivity index (χ1v) is 8.81. The van der Waals surface area contributed by atoms with Crippen LogP contribution in [0.3, 0.4) is 0 Å². The zero-order chi connectivity index (χ0) is 17.5. The number of amidine groups is 1. The van der Waals surface area contributed by atoms with Crippen molar-refractivity contribution in [1.82, 2.24) is 0 Å². The second-order valence-electron chi connectivity index (χ2n) is 5.60. The number of rotatable bonds is 6. The molecule has 124 valence electrons. The first-order valence-electron chi connectivity index (χ1n) is 7.99. The van der Waals surface area contributed by atoms with E-state index in [1.807, 2.05) is 25.1 Å². The molecule has 2 rings (SSSR count). The van der Waals surface area contributed by atoms with Gasteiger partial charge in [-0.1, -0.05) is 13.3 Å². The smallest absolute Gasteiger partial charge is 0.162 e. The van der Waals surface area contributed by atoms with E-state index in [1.165, 1.54) is 4.88 Å². The summed E-state index contributed by atoms with van der Waals surface area (Å²) >= 11 is 1.58. The van der Waals surface area contributed by atoms with E-state index in [4.69, 9.17) is 5.26 Å². The molecule has 1 N–H and O–H groups in total. The van der Waals surface area contributed by atoms with Crippen LogP contribution in [-0.4, -0.2) is 11.6 Å². The first-order chi connectivity index (χ1) is 11.5. The molecule has 0 fully saturated rings. The molecule has 0 aliphatic rings. The maximum Gasteiger partial charge on any atom is 0.162 e. The van der Waals surface area contributed by atoms with Gasteiger partial charge in [0, 0.05) is 10.6 Å². The monoisotopic (exact) mass is 339 g/mol. The zero-order valence-electron chi connectivity index (χ0n) is 14.2. The van der Waals surface area contributed by atoms with Crippen LogP contribution in [0, 0.1) is 11.3 Å². The Morgan fingerprint density at radius 2 is 2.00 bits per heavy atom. The molecule has 0 saturated carbocycles. The van der Waals surface area contributed by atoms with Gasteiger partial charge in [0.15, 0.2) is 5.78 Å². The quantitative estimate of drug-likeness (QED) is 0.439. The van der Waals surface area contributed by atoms with E-state index in [9.17, 15) is 4.79 Å². The standard InChI is InChI=1S/C19H21N3OS/c1-4-5-6-17-11-18(13(2)23)19(24-17)22-14(3)21-16-9-7-15(12-20)8-10-16/h7-11H,4-6H2,1-3H3,(H,21,22). The molecule has 0 aliphatic heterocycles. The highest BCUT2D eigenvalue weighted by Crippen LogP contribution is 2.32. The summed E-state index contributed by atoms with van der Waals surface area (Å²) in [5, 5.41) is 12.8. The average molecular weight is 339 g/mol. The fraction of sp³-hybridized carbons (Fsp3) is 0.316. The lowest BCUT2D eigenvalue weighted by Gasteiger charge is -2.05. The number of carbonyl (C=O) groups is 1. The lowest BCUT2D eigenvalue weighted by molar-refractivity contribution is 0.101. The molecular weight excluding hydrogens is 318 g/mol. The Balaban J connectivity index is 2.19. The highest BCUT2D eigenvalue weighted by molar-refractivity contribution is 7.16. The number of unbranched alkanes of at least 4 members (excludes halogenated alkanes) is 1. The molecule has 0 bridgehead atoms. The third-order valence-electron chi connectivity index (χ3n) is 3.53. The number of hydrogen-bond donors (Lipinski definition) is 1. The molecule has 0 atom stereocenters. The SMILES string of the molecule is CCCCc1cc(C(C)=O)c(/N=C(\C)Nc2ccc(C#N)cc2)s1. The number of nitrogens with one attached hydrogen (secondary N) is 1. The van der Waals surface area contributed by atoms with Gasteiger partial charge in [0.2, 0.25) is 0 Å². The Morgan fingerprint density at radius 1 is 1.29 bits per heavy atom. The van der Waals surface area contributed by atoms with Crippen LogP contribution < -0.4 is 5.32 Å². The normalized spacial score (nSPS) is 11.2. The van der Waals surface area contributed by atoms with Crippen molar-refractivity contribution in [3.05, 3.63) is 46.3 Å². The number of nitriles is 1. The van der Waals surface area contributed by atoms with Gasteiger partial charge >= 0.3 is 0 Å². The number of hydrogen-bond acceptors (Lipinski definition) is 4. The van der Waals surface area contributed by atoms with Crippen LogP contribution in [0.1, 0.15) is 54.4 Å². The summed E-state index contributed by atoms with van der Waals surface area (Å²) in [6.07, 6.45) is 3.23. The third kappa shape index (κ3) is 4.77. The number of carbonyl (C=O) groups excluding carboxylic acids is 1. The molecule has 5 heteroatoms. The summed E-state index contributed by atoms with van der Waals surface area (Å²) in [6.45, 7) is 5.60. The van der Waals surface area contributed by atoms with Crippen molar-refractivity contribution < 1.29 is 4.79 Å². The highest BCUT2D eigenvalue weighted by atomic mass is 32.1. The second kappa shape index (κ2) is 8.42. The van der Waals surface area contributed by atoms with Crippen LogP contribution in [0.15, 0.2) is 35.3 Å². The minimum atomic E-state index is 0.0407. The molecule has 0 aliphatic carbocycles. The molecule has 0 unspecified atom stereocenters. The summed E-state index contributed by atoms with van der Waals surface area (Å²) in [5.74, 6) is 0.755. The molecule has 2 aromatic rings. The van der Waals surface area contributed by atoms with Crippen LogP contribution in [0.25, 0.3) is 0 Å². The van der Waals surface area contributed by atoms with Gasteiger partial charge in [-0.2, -0.15) is 5.26 Å². The van der Waals surface area contributed by atoms with Gasteiger partial charge in [-0.15, -0.1) is 11.3 Å². The third-order valence-corrected chi connectivity index (χ3v) is 4.62. The van der Waals surface area contributed by atoms with Gasteiger partial charge in [0.25, 0.3) is 0 Å². The fourth-order valence-electron chi connectivity index (χ4n) is 2.26. The Labute approximate surface area is 146 Å². The van der Waals surface area contributed by atoms with Crippen LogP contribution in [-0.2, 0) is 6.42 Å².